The number of allylic oxidation sites excluding steroid dienone is 1. The van der Waals surface area contributed by atoms with E-state index < -0.39 is 16.3 Å². The molecule has 11 heteroatoms. The Morgan fingerprint density at radius 3 is 2.47 bits per heavy atom. The van der Waals surface area contributed by atoms with Crippen LogP contribution in [-0.4, -0.2) is 70.0 Å². The van der Waals surface area contributed by atoms with Crippen LogP contribution in [0.1, 0.15) is 30.7 Å². The second-order valence-electron chi connectivity index (χ2n) is 9.30. The number of nitrogens with zero attached hydrogens (tertiary/aromatic N) is 1. The van der Waals surface area contributed by atoms with Gasteiger partial charge in [0.25, 0.3) is 5.91 Å². The standard InChI is InChI=1S/C27H33BrN2O7S/c1-35-23-8-10-24(11-9-23)38(33,34)30(12-14-31)13-15-36-26-17-21(20-4-6-22(28)7-5-20)16-25(37-26)27(32)29-18-19-2-3-19/h4-11,16,19,21,26,31H,2-3,12-15,17-18H2,1H3,(H,29,32)/t21-,26+/m0/s1. The number of hydrogen-bond donors (Lipinski definition) is 2. The van der Waals surface area contributed by atoms with Crippen molar-refractivity contribution in [2.75, 3.05) is 40.0 Å². The van der Waals surface area contributed by atoms with E-state index in [1.54, 1.807) is 12.1 Å². The Hall–Kier alpha value is -2.44. The van der Waals surface area contributed by atoms with Gasteiger partial charge in [-0.25, -0.2) is 8.42 Å². The number of aliphatic hydroxyl groups excluding tert-OH is 1. The highest BCUT2D eigenvalue weighted by molar-refractivity contribution is 9.10. The van der Waals surface area contributed by atoms with E-state index in [2.05, 4.69) is 21.2 Å². The highest BCUT2D eigenvalue weighted by Gasteiger charge is 2.31. The molecule has 38 heavy (non-hydrogen) atoms. The van der Waals surface area contributed by atoms with E-state index in [1.807, 2.05) is 30.3 Å². The lowest BCUT2D eigenvalue weighted by Crippen LogP contribution is -2.38. The Morgan fingerprint density at radius 1 is 1.13 bits per heavy atom. The molecule has 1 amide bonds. The van der Waals surface area contributed by atoms with Crippen molar-refractivity contribution in [3.05, 3.63) is 70.4 Å². The molecule has 206 valence electrons. The van der Waals surface area contributed by atoms with Gasteiger partial charge in [-0.05, 0) is 66.8 Å². The van der Waals surface area contributed by atoms with E-state index in [4.69, 9.17) is 14.2 Å². The molecule has 1 aliphatic heterocycles. The van der Waals surface area contributed by atoms with Crippen molar-refractivity contribution in [3.8, 4) is 5.75 Å². The first-order valence-corrected chi connectivity index (χ1v) is 14.8. The number of aliphatic hydroxyl groups is 1. The zero-order valence-electron chi connectivity index (χ0n) is 21.2. The lowest BCUT2D eigenvalue weighted by atomic mass is 9.93. The van der Waals surface area contributed by atoms with Gasteiger partial charge in [0.1, 0.15) is 5.75 Å². The Kier molecular flexibility index (Phi) is 9.83. The number of carbonyl (C=O) groups is 1. The number of methoxy groups -OCH3 is 1. The fraction of sp³-hybridized carbons (Fsp3) is 0.444. The van der Waals surface area contributed by atoms with Crippen LogP contribution in [0.3, 0.4) is 0 Å². The van der Waals surface area contributed by atoms with E-state index in [1.165, 1.54) is 23.5 Å². The van der Waals surface area contributed by atoms with Crippen molar-refractivity contribution >= 4 is 31.9 Å². The molecule has 0 unspecified atom stereocenters. The fourth-order valence-electron chi connectivity index (χ4n) is 4.15. The highest BCUT2D eigenvalue weighted by atomic mass is 79.9. The van der Waals surface area contributed by atoms with E-state index in [0.717, 1.165) is 22.9 Å². The summed E-state index contributed by atoms with van der Waals surface area (Å²) in [4.78, 5) is 12.9. The van der Waals surface area contributed by atoms with Gasteiger partial charge in [-0.3, -0.25) is 4.79 Å². The number of sulfonamides is 1. The number of halogens is 1. The van der Waals surface area contributed by atoms with Gasteiger partial charge in [-0.1, -0.05) is 28.1 Å². The predicted molar refractivity (Wildman–Crippen MR) is 145 cm³/mol. The van der Waals surface area contributed by atoms with Crippen LogP contribution in [0, 0.1) is 5.92 Å². The lowest BCUT2D eigenvalue weighted by Gasteiger charge is -2.30. The molecule has 1 aliphatic carbocycles. The molecule has 2 aromatic rings. The van der Waals surface area contributed by atoms with Crippen molar-refractivity contribution in [2.45, 2.75) is 36.4 Å². The van der Waals surface area contributed by atoms with Gasteiger partial charge >= 0.3 is 0 Å². The summed E-state index contributed by atoms with van der Waals surface area (Å²) in [6.07, 6.45) is 3.79. The van der Waals surface area contributed by atoms with Crippen LogP contribution in [-0.2, 0) is 24.3 Å². The molecule has 1 saturated carbocycles. The van der Waals surface area contributed by atoms with Crippen molar-refractivity contribution in [1.29, 1.82) is 0 Å². The third-order valence-corrected chi connectivity index (χ3v) is 8.96. The second-order valence-corrected chi connectivity index (χ2v) is 12.2. The van der Waals surface area contributed by atoms with E-state index in [-0.39, 0.29) is 48.8 Å². The third kappa shape index (κ3) is 7.57. The number of carbonyl (C=O) groups excluding carboxylic acids is 1. The average Bonchev–Trinajstić information content (AvgIpc) is 3.76. The van der Waals surface area contributed by atoms with Gasteiger partial charge in [0.05, 0.1) is 25.2 Å². The SMILES string of the molecule is COc1ccc(S(=O)(=O)N(CCO)CCO[C@H]2C[C@@H](c3ccc(Br)cc3)C=C(C(=O)NCC3CC3)O2)cc1. The normalized spacial score (nSPS) is 19.5. The number of hydrogen-bond acceptors (Lipinski definition) is 7. The monoisotopic (exact) mass is 608 g/mol. The zero-order chi connectivity index (χ0) is 27.1. The Labute approximate surface area is 231 Å². The average molecular weight is 610 g/mol. The molecule has 0 bridgehead atoms. The van der Waals surface area contributed by atoms with Gasteiger partial charge in [0.2, 0.25) is 16.3 Å². The van der Waals surface area contributed by atoms with Crippen molar-refractivity contribution in [2.24, 2.45) is 5.92 Å². The first kappa shape index (κ1) is 28.6. The summed E-state index contributed by atoms with van der Waals surface area (Å²) in [6.45, 7) is 0.219. The van der Waals surface area contributed by atoms with Crippen LogP contribution in [0.25, 0.3) is 0 Å². The minimum absolute atomic E-state index is 0.00462. The van der Waals surface area contributed by atoms with Gasteiger partial charge < -0.3 is 24.6 Å². The minimum Gasteiger partial charge on any atom is -0.497 e. The summed E-state index contributed by atoms with van der Waals surface area (Å²) in [5, 5.41) is 12.4. The summed E-state index contributed by atoms with van der Waals surface area (Å²) in [7, 11) is -2.36. The molecule has 2 aliphatic rings. The van der Waals surface area contributed by atoms with Crippen LogP contribution >= 0.6 is 15.9 Å². The van der Waals surface area contributed by atoms with Crippen LogP contribution in [0.4, 0.5) is 0 Å². The highest BCUT2D eigenvalue weighted by Crippen LogP contribution is 2.33. The Balaban J connectivity index is 1.42. The van der Waals surface area contributed by atoms with Crippen molar-refractivity contribution in [1.82, 2.24) is 9.62 Å². The topological polar surface area (TPSA) is 114 Å². The van der Waals surface area contributed by atoms with Crippen LogP contribution < -0.4 is 10.1 Å². The zero-order valence-corrected chi connectivity index (χ0v) is 23.6. The van der Waals surface area contributed by atoms with E-state index >= 15 is 0 Å². The number of benzene rings is 2. The number of amides is 1. The second kappa shape index (κ2) is 13.1. The maximum absolute atomic E-state index is 13.2. The predicted octanol–water partition coefficient (Wildman–Crippen LogP) is 3.40. The number of rotatable bonds is 13. The molecular formula is C27H33BrN2O7S. The summed E-state index contributed by atoms with van der Waals surface area (Å²) in [6, 6.07) is 13.9. The van der Waals surface area contributed by atoms with Gasteiger partial charge in [0.15, 0.2) is 5.76 Å². The quantitative estimate of drug-likeness (QED) is 0.358. The summed E-state index contributed by atoms with van der Waals surface area (Å²) < 4.78 is 45.4. The maximum Gasteiger partial charge on any atom is 0.286 e. The fourth-order valence-corrected chi connectivity index (χ4v) is 5.83. The first-order chi connectivity index (χ1) is 18.3. The number of ether oxygens (including phenoxy) is 3. The summed E-state index contributed by atoms with van der Waals surface area (Å²) >= 11 is 3.45. The van der Waals surface area contributed by atoms with Crippen LogP contribution in [0.5, 0.6) is 5.75 Å². The molecule has 2 N–H and O–H groups in total. The molecule has 2 aromatic carbocycles. The summed E-state index contributed by atoms with van der Waals surface area (Å²) in [5.74, 6) is 0.882. The minimum atomic E-state index is -3.87. The lowest BCUT2D eigenvalue weighted by molar-refractivity contribution is -0.146. The third-order valence-electron chi connectivity index (χ3n) is 6.52. The smallest absolute Gasteiger partial charge is 0.286 e. The Bertz CT molecular complexity index is 1210. The molecule has 0 saturated heterocycles. The molecular weight excluding hydrogens is 576 g/mol. The first-order valence-electron chi connectivity index (χ1n) is 12.6. The molecule has 9 nitrogen and oxygen atoms in total. The Morgan fingerprint density at radius 2 is 1.84 bits per heavy atom. The molecule has 1 heterocycles. The van der Waals surface area contributed by atoms with Gasteiger partial charge in [-0.2, -0.15) is 4.31 Å². The molecule has 0 aromatic heterocycles. The van der Waals surface area contributed by atoms with E-state index in [9.17, 15) is 18.3 Å². The molecule has 4 rings (SSSR count). The van der Waals surface area contributed by atoms with E-state index in [0.29, 0.717) is 24.6 Å². The van der Waals surface area contributed by atoms with Crippen molar-refractivity contribution < 1.29 is 32.5 Å². The molecule has 0 radical (unpaired) electrons. The van der Waals surface area contributed by atoms with Gasteiger partial charge in [-0.15, -0.1) is 0 Å². The molecule has 1 fully saturated rings. The number of nitrogens with one attached hydrogen (secondary N) is 1. The van der Waals surface area contributed by atoms with Gasteiger partial charge in [0, 0.05) is 36.4 Å². The molecule has 0 spiro atoms. The molecule has 2 atom stereocenters. The van der Waals surface area contributed by atoms with Crippen molar-refractivity contribution in [3.63, 3.8) is 0 Å². The largest absolute Gasteiger partial charge is 0.497 e. The summed E-state index contributed by atoms with van der Waals surface area (Å²) in [5.41, 5.74) is 1.02. The maximum atomic E-state index is 13.2. The van der Waals surface area contributed by atoms with Crippen LogP contribution in [0.15, 0.2) is 69.7 Å². The van der Waals surface area contributed by atoms with Crippen LogP contribution in [0.2, 0.25) is 0 Å².